The van der Waals surface area contributed by atoms with E-state index >= 15 is 0 Å². The van der Waals surface area contributed by atoms with Crippen LogP contribution in [0.3, 0.4) is 0 Å². The Morgan fingerprint density at radius 2 is 1.46 bits per heavy atom. The molecule has 2 aromatic carbocycles. The quantitative estimate of drug-likeness (QED) is 0.508. The van der Waals surface area contributed by atoms with Crippen molar-refractivity contribution < 1.29 is 4.39 Å². The highest BCUT2D eigenvalue weighted by Gasteiger charge is 2.26. The lowest BCUT2D eigenvalue weighted by atomic mass is 9.78. The molecule has 0 aliphatic rings. The molecule has 0 amide bonds. The molecule has 0 N–H and O–H groups in total. The van der Waals surface area contributed by atoms with Crippen LogP contribution in [0.2, 0.25) is 15.1 Å². The summed E-state index contributed by atoms with van der Waals surface area (Å²) in [6.07, 6.45) is 0.645. The Morgan fingerprint density at radius 3 is 1.96 bits per heavy atom. The molecule has 0 fully saturated rings. The van der Waals surface area contributed by atoms with Crippen LogP contribution in [-0.2, 0) is 17.3 Å². The van der Waals surface area contributed by atoms with Crippen LogP contribution < -0.4 is 0 Å². The molecule has 0 unspecified atom stereocenters. The van der Waals surface area contributed by atoms with Gasteiger partial charge in [0.2, 0.25) is 0 Å². The first-order valence-electron chi connectivity index (χ1n) is 7.86. The van der Waals surface area contributed by atoms with Crippen molar-refractivity contribution >= 4 is 34.8 Å². The van der Waals surface area contributed by atoms with Gasteiger partial charge in [-0.2, -0.15) is 0 Å². The zero-order chi connectivity index (χ0) is 18.3. The molecule has 0 aliphatic heterocycles. The van der Waals surface area contributed by atoms with Crippen LogP contribution in [0.15, 0.2) is 30.3 Å². The van der Waals surface area contributed by atoms with E-state index in [2.05, 4.69) is 13.8 Å². The van der Waals surface area contributed by atoms with E-state index in [-0.39, 0.29) is 16.6 Å². The number of halogens is 4. The fraction of sp³-hybridized carbons (Fsp3) is 0.400. The first-order valence-corrected chi connectivity index (χ1v) is 8.99. The molecular weight excluding hydrogens is 366 g/mol. The highest BCUT2D eigenvalue weighted by molar-refractivity contribution is 6.42. The van der Waals surface area contributed by atoms with Crippen LogP contribution in [0.4, 0.5) is 4.39 Å². The summed E-state index contributed by atoms with van der Waals surface area (Å²) >= 11 is 18.5. The number of hydrogen-bond donors (Lipinski definition) is 0. The molecule has 2 aromatic rings. The number of rotatable bonds is 3. The van der Waals surface area contributed by atoms with Crippen molar-refractivity contribution in [2.75, 3.05) is 0 Å². The highest BCUT2D eigenvalue weighted by Crippen LogP contribution is 2.36. The van der Waals surface area contributed by atoms with Crippen LogP contribution in [0.5, 0.6) is 0 Å². The van der Waals surface area contributed by atoms with E-state index in [9.17, 15) is 4.39 Å². The Balaban J connectivity index is 2.38. The van der Waals surface area contributed by atoms with Crippen molar-refractivity contribution in [3.63, 3.8) is 0 Å². The van der Waals surface area contributed by atoms with Gasteiger partial charge in [0.25, 0.3) is 0 Å². The van der Waals surface area contributed by atoms with Crippen molar-refractivity contribution in [3.05, 3.63) is 67.9 Å². The summed E-state index contributed by atoms with van der Waals surface area (Å²) in [4.78, 5) is 0. The standard InChI is InChI=1S/C20H22Cl3F/c1-19(2,3)18-16(23)8-12(9-17(18)24)11-20(4,5)13-6-7-14(21)15(22)10-13/h6-10H,11H2,1-5H3. The summed E-state index contributed by atoms with van der Waals surface area (Å²) in [6, 6.07) is 9.06. The maximum absolute atomic E-state index is 14.6. The van der Waals surface area contributed by atoms with Gasteiger partial charge in [0, 0.05) is 10.6 Å². The molecule has 0 bridgehead atoms. The van der Waals surface area contributed by atoms with Crippen LogP contribution >= 0.6 is 34.8 Å². The highest BCUT2D eigenvalue weighted by atomic mass is 35.5. The van der Waals surface area contributed by atoms with Crippen LogP contribution in [0.1, 0.15) is 51.3 Å². The molecule has 0 radical (unpaired) electrons. The molecule has 24 heavy (non-hydrogen) atoms. The minimum Gasteiger partial charge on any atom is -0.207 e. The number of hydrogen-bond acceptors (Lipinski definition) is 0. The van der Waals surface area contributed by atoms with Gasteiger partial charge < -0.3 is 0 Å². The van der Waals surface area contributed by atoms with Gasteiger partial charge in [0.1, 0.15) is 5.82 Å². The van der Waals surface area contributed by atoms with Crippen molar-refractivity contribution in [3.8, 4) is 0 Å². The second kappa shape index (κ2) is 6.86. The molecular formula is C20H22Cl3F. The third-order valence-corrected chi connectivity index (χ3v) is 5.24. The summed E-state index contributed by atoms with van der Waals surface area (Å²) in [5.74, 6) is -0.255. The Hall–Kier alpha value is -0.760. The topological polar surface area (TPSA) is 0 Å². The smallest absolute Gasteiger partial charge is 0.128 e. The van der Waals surface area contributed by atoms with E-state index in [1.807, 2.05) is 39.0 Å². The Morgan fingerprint density at radius 1 is 0.833 bits per heavy atom. The third kappa shape index (κ3) is 4.25. The lowest BCUT2D eigenvalue weighted by Crippen LogP contribution is -2.21. The van der Waals surface area contributed by atoms with Crippen molar-refractivity contribution in [2.24, 2.45) is 0 Å². The van der Waals surface area contributed by atoms with E-state index in [1.165, 1.54) is 0 Å². The predicted molar refractivity (Wildman–Crippen MR) is 103 cm³/mol. The van der Waals surface area contributed by atoms with E-state index < -0.39 is 0 Å². The van der Waals surface area contributed by atoms with Gasteiger partial charge in [-0.3, -0.25) is 0 Å². The van der Waals surface area contributed by atoms with Crippen molar-refractivity contribution in [1.29, 1.82) is 0 Å². The summed E-state index contributed by atoms with van der Waals surface area (Å²) in [5.41, 5.74) is 1.90. The van der Waals surface area contributed by atoms with Crippen LogP contribution in [-0.4, -0.2) is 0 Å². The number of benzene rings is 2. The third-order valence-electron chi connectivity index (χ3n) is 4.20. The molecule has 0 nitrogen and oxygen atoms in total. The predicted octanol–water partition coefficient (Wildman–Crippen LogP) is 7.60. The van der Waals surface area contributed by atoms with Gasteiger partial charge >= 0.3 is 0 Å². The second-order valence-corrected chi connectivity index (χ2v) is 9.10. The molecule has 0 saturated carbocycles. The first kappa shape index (κ1) is 19.6. The van der Waals surface area contributed by atoms with Crippen molar-refractivity contribution in [1.82, 2.24) is 0 Å². The molecule has 4 heteroatoms. The minimum atomic E-state index is -0.334. The summed E-state index contributed by atoms with van der Waals surface area (Å²) in [7, 11) is 0. The van der Waals surface area contributed by atoms with Gasteiger partial charge in [0.05, 0.1) is 10.0 Å². The molecule has 0 atom stereocenters. The summed E-state index contributed by atoms with van der Waals surface area (Å²) in [6.45, 7) is 10.1. The van der Waals surface area contributed by atoms with E-state index in [1.54, 1.807) is 12.1 Å². The van der Waals surface area contributed by atoms with Gasteiger partial charge in [-0.05, 0) is 52.6 Å². The average molecular weight is 388 g/mol. The summed E-state index contributed by atoms with van der Waals surface area (Å²) in [5, 5.41) is 1.52. The van der Waals surface area contributed by atoms with Gasteiger partial charge in [-0.25, -0.2) is 4.39 Å². The minimum absolute atomic E-state index is 0.229. The van der Waals surface area contributed by atoms with Gasteiger partial charge in [-0.1, -0.05) is 75.5 Å². The second-order valence-electron chi connectivity index (χ2n) is 7.87. The SMILES string of the molecule is CC(C)(C)c1c(F)cc(CC(C)(C)c2ccc(Cl)c(Cl)c2)cc1Cl. The van der Waals surface area contributed by atoms with Crippen molar-refractivity contribution in [2.45, 2.75) is 51.9 Å². The van der Waals surface area contributed by atoms with E-state index in [4.69, 9.17) is 34.8 Å². The Labute approximate surface area is 158 Å². The molecule has 0 saturated heterocycles. The Bertz CT molecular complexity index is 735. The van der Waals surface area contributed by atoms with E-state index in [0.717, 1.165) is 11.1 Å². The maximum Gasteiger partial charge on any atom is 0.128 e. The zero-order valence-corrected chi connectivity index (χ0v) is 16.9. The first-order chi connectivity index (χ1) is 10.9. The van der Waals surface area contributed by atoms with Crippen LogP contribution in [0, 0.1) is 5.82 Å². The monoisotopic (exact) mass is 386 g/mol. The van der Waals surface area contributed by atoms with Gasteiger partial charge in [0.15, 0.2) is 0 Å². The van der Waals surface area contributed by atoms with E-state index in [0.29, 0.717) is 27.1 Å². The Kier molecular flexibility index (Phi) is 5.59. The normalized spacial score (nSPS) is 12.5. The largest absolute Gasteiger partial charge is 0.207 e. The zero-order valence-electron chi connectivity index (χ0n) is 14.6. The fourth-order valence-corrected chi connectivity index (χ4v) is 3.79. The molecule has 0 aliphatic carbocycles. The molecule has 130 valence electrons. The van der Waals surface area contributed by atoms with Gasteiger partial charge in [-0.15, -0.1) is 0 Å². The fourth-order valence-electron chi connectivity index (χ4n) is 2.97. The maximum atomic E-state index is 14.6. The summed E-state index contributed by atoms with van der Waals surface area (Å²) < 4.78 is 14.6. The molecule has 0 spiro atoms. The molecule has 2 rings (SSSR count). The lowest BCUT2D eigenvalue weighted by molar-refractivity contribution is 0.507. The van der Waals surface area contributed by atoms with Crippen LogP contribution in [0.25, 0.3) is 0 Å². The lowest BCUT2D eigenvalue weighted by Gasteiger charge is -2.27. The molecule has 0 heterocycles. The average Bonchev–Trinajstić information content (AvgIpc) is 2.38. The molecule has 0 aromatic heterocycles.